The maximum atomic E-state index is 13.3. The Hall–Kier alpha value is -1.94. The van der Waals surface area contributed by atoms with Crippen molar-refractivity contribution in [2.24, 2.45) is 5.73 Å². The second-order valence-electron chi connectivity index (χ2n) is 4.66. The van der Waals surface area contributed by atoms with Crippen LogP contribution < -0.4 is 10.5 Å². The minimum Gasteiger partial charge on any atom is -0.497 e. The van der Waals surface area contributed by atoms with E-state index in [1.165, 1.54) is 6.07 Å². The highest BCUT2D eigenvalue weighted by Gasteiger charge is 2.13. The van der Waals surface area contributed by atoms with Crippen molar-refractivity contribution in [1.82, 2.24) is 0 Å². The minimum atomic E-state index is -0.842. The topological polar surface area (TPSA) is 35.2 Å². The molecule has 0 aliphatic heterocycles. The van der Waals surface area contributed by atoms with Crippen LogP contribution in [0.4, 0.5) is 8.78 Å². The number of methoxy groups -OCH3 is 1. The number of ether oxygens (including phenoxy) is 1. The summed E-state index contributed by atoms with van der Waals surface area (Å²) >= 11 is 0. The molecule has 20 heavy (non-hydrogen) atoms. The van der Waals surface area contributed by atoms with Crippen molar-refractivity contribution in [3.63, 3.8) is 0 Å². The lowest BCUT2D eigenvalue weighted by Crippen LogP contribution is -2.15. The summed E-state index contributed by atoms with van der Waals surface area (Å²) in [5, 5.41) is 0. The maximum Gasteiger partial charge on any atom is 0.159 e. The van der Waals surface area contributed by atoms with E-state index in [1.807, 2.05) is 24.3 Å². The number of hydrogen-bond donors (Lipinski definition) is 1. The molecule has 2 aromatic rings. The average molecular weight is 277 g/mol. The molecule has 2 nitrogen and oxygen atoms in total. The van der Waals surface area contributed by atoms with E-state index in [0.717, 1.165) is 17.4 Å². The van der Waals surface area contributed by atoms with Crippen LogP contribution in [0.15, 0.2) is 42.5 Å². The van der Waals surface area contributed by atoms with Crippen molar-refractivity contribution in [2.45, 2.75) is 12.3 Å². The Morgan fingerprint density at radius 2 is 1.90 bits per heavy atom. The number of rotatable bonds is 5. The third-order valence-electron chi connectivity index (χ3n) is 3.32. The van der Waals surface area contributed by atoms with E-state index in [9.17, 15) is 8.78 Å². The molecule has 0 aliphatic carbocycles. The lowest BCUT2D eigenvalue weighted by molar-refractivity contribution is 0.414. The van der Waals surface area contributed by atoms with Crippen LogP contribution in [-0.4, -0.2) is 13.7 Å². The molecule has 0 saturated carbocycles. The van der Waals surface area contributed by atoms with E-state index in [4.69, 9.17) is 10.5 Å². The number of benzene rings is 2. The summed E-state index contributed by atoms with van der Waals surface area (Å²) < 4.78 is 31.4. The molecule has 0 spiro atoms. The van der Waals surface area contributed by atoms with E-state index < -0.39 is 11.6 Å². The third kappa shape index (κ3) is 3.33. The lowest BCUT2D eigenvalue weighted by atomic mass is 9.92. The molecule has 106 valence electrons. The minimum absolute atomic E-state index is 0.0581. The third-order valence-corrected chi connectivity index (χ3v) is 3.32. The van der Waals surface area contributed by atoms with Crippen LogP contribution in [0.1, 0.15) is 17.0 Å². The highest BCUT2D eigenvalue weighted by molar-refractivity contribution is 5.31. The smallest absolute Gasteiger partial charge is 0.159 e. The monoisotopic (exact) mass is 277 g/mol. The Labute approximate surface area is 117 Å². The van der Waals surface area contributed by atoms with E-state index in [-0.39, 0.29) is 5.92 Å². The van der Waals surface area contributed by atoms with Gasteiger partial charge in [-0.25, -0.2) is 8.78 Å². The van der Waals surface area contributed by atoms with Crippen LogP contribution in [-0.2, 0) is 6.42 Å². The predicted molar refractivity (Wildman–Crippen MR) is 74.9 cm³/mol. The Balaban J connectivity index is 2.21. The van der Waals surface area contributed by atoms with Gasteiger partial charge in [-0.2, -0.15) is 0 Å². The molecule has 0 saturated heterocycles. The molecule has 2 rings (SSSR count). The van der Waals surface area contributed by atoms with E-state index in [2.05, 4.69) is 0 Å². The van der Waals surface area contributed by atoms with Gasteiger partial charge in [0, 0.05) is 5.92 Å². The number of hydrogen-bond acceptors (Lipinski definition) is 2. The van der Waals surface area contributed by atoms with Crippen molar-refractivity contribution in [2.75, 3.05) is 13.7 Å². The van der Waals surface area contributed by atoms with Gasteiger partial charge >= 0.3 is 0 Å². The van der Waals surface area contributed by atoms with Crippen LogP contribution in [0.5, 0.6) is 5.75 Å². The van der Waals surface area contributed by atoms with Crippen molar-refractivity contribution < 1.29 is 13.5 Å². The first-order chi connectivity index (χ1) is 9.63. The first kappa shape index (κ1) is 14.5. The highest BCUT2D eigenvalue weighted by atomic mass is 19.2. The summed E-state index contributed by atoms with van der Waals surface area (Å²) in [5.74, 6) is -0.974. The molecule has 1 unspecified atom stereocenters. The van der Waals surface area contributed by atoms with Gasteiger partial charge in [-0.15, -0.1) is 0 Å². The lowest BCUT2D eigenvalue weighted by Gasteiger charge is -2.16. The molecule has 1 atom stereocenters. The van der Waals surface area contributed by atoms with Gasteiger partial charge in [0.1, 0.15) is 5.75 Å². The van der Waals surface area contributed by atoms with Crippen LogP contribution in [0.25, 0.3) is 0 Å². The average Bonchev–Trinajstić information content (AvgIpc) is 2.48. The van der Waals surface area contributed by atoms with Gasteiger partial charge in [-0.3, -0.25) is 0 Å². The summed E-state index contributed by atoms with van der Waals surface area (Å²) in [6.45, 7) is 0.363. The largest absolute Gasteiger partial charge is 0.497 e. The molecule has 0 heterocycles. The zero-order valence-corrected chi connectivity index (χ0v) is 11.3. The molecule has 2 N–H and O–H groups in total. The summed E-state index contributed by atoms with van der Waals surface area (Å²) in [5.41, 5.74) is 7.51. The van der Waals surface area contributed by atoms with Gasteiger partial charge in [0.25, 0.3) is 0 Å². The van der Waals surface area contributed by atoms with Crippen LogP contribution >= 0.6 is 0 Å². The van der Waals surface area contributed by atoms with E-state index >= 15 is 0 Å². The maximum absolute atomic E-state index is 13.3. The predicted octanol–water partition coefficient (Wildman–Crippen LogP) is 3.26. The van der Waals surface area contributed by atoms with Gasteiger partial charge in [0.2, 0.25) is 0 Å². The first-order valence-electron chi connectivity index (χ1n) is 6.42. The molecule has 0 aromatic heterocycles. The quantitative estimate of drug-likeness (QED) is 0.910. The van der Waals surface area contributed by atoms with Crippen LogP contribution in [0, 0.1) is 11.6 Å². The van der Waals surface area contributed by atoms with Crippen molar-refractivity contribution in [3.05, 3.63) is 65.2 Å². The molecule has 0 aliphatic rings. The molecule has 0 fully saturated rings. The normalized spacial score (nSPS) is 12.2. The van der Waals surface area contributed by atoms with Gasteiger partial charge in [-0.05, 0) is 48.4 Å². The van der Waals surface area contributed by atoms with Crippen molar-refractivity contribution >= 4 is 0 Å². The Bertz CT molecular complexity index is 586. The Morgan fingerprint density at radius 1 is 1.10 bits per heavy atom. The zero-order valence-electron chi connectivity index (χ0n) is 11.3. The Morgan fingerprint density at radius 3 is 2.55 bits per heavy atom. The molecule has 2 aromatic carbocycles. The fourth-order valence-electron chi connectivity index (χ4n) is 2.19. The fourth-order valence-corrected chi connectivity index (χ4v) is 2.19. The van der Waals surface area contributed by atoms with Crippen molar-refractivity contribution in [1.29, 1.82) is 0 Å². The zero-order chi connectivity index (χ0) is 14.5. The standard InChI is InChI=1S/C16H17F2NO/c1-20-14-4-2-3-11(8-14)7-13(10-19)12-5-6-15(17)16(18)9-12/h2-6,8-9,13H,7,10,19H2,1H3. The molecular formula is C16H17F2NO. The fraction of sp³-hybridized carbons (Fsp3) is 0.250. The van der Waals surface area contributed by atoms with Gasteiger partial charge in [0.05, 0.1) is 7.11 Å². The highest BCUT2D eigenvalue weighted by Crippen LogP contribution is 2.23. The van der Waals surface area contributed by atoms with Crippen LogP contribution in [0.3, 0.4) is 0 Å². The SMILES string of the molecule is COc1cccc(CC(CN)c2ccc(F)c(F)c2)c1. The number of halogens is 2. The van der Waals surface area contributed by atoms with Gasteiger partial charge in [0.15, 0.2) is 11.6 Å². The van der Waals surface area contributed by atoms with Gasteiger partial charge < -0.3 is 10.5 Å². The van der Waals surface area contributed by atoms with Crippen LogP contribution in [0.2, 0.25) is 0 Å². The molecular weight excluding hydrogens is 260 g/mol. The summed E-state index contributed by atoms with van der Waals surface area (Å²) in [6, 6.07) is 11.6. The first-order valence-corrected chi connectivity index (χ1v) is 6.42. The van der Waals surface area contributed by atoms with E-state index in [1.54, 1.807) is 13.2 Å². The van der Waals surface area contributed by atoms with Gasteiger partial charge in [-0.1, -0.05) is 18.2 Å². The Kier molecular flexibility index (Phi) is 4.69. The van der Waals surface area contributed by atoms with Crippen molar-refractivity contribution in [3.8, 4) is 5.75 Å². The second kappa shape index (κ2) is 6.48. The molecule has 0 bridgehead atoms. The molecule has 0 radical (unpaired) electrons. The molecule has 0 amide bonds. The summed E-state index contributed by atoms with van der Waals surface area (Å²) in [6.07, 6.45) is 0.652. The number of nitrogens with two attached hydrogens (primary N) is 1. The summed E-state index contributed by atoms with van der Waals surface area (Å²) in [7, 11) is 1.61. The summed E-state index contributed by atoms with van der Waals surface area (Å²) in [4.78, 5) is 0. The van der Waals surface area contributed by atoms with E-state index in [0.29, 0.717) is 18.5 Å². The second-order valence-corrected chi connectivity index (χ2v) is 4.66. The molecule has 4 heteroatoms.